The summed E-state index contributed by atoms with van der Waals surface area (Å²) in [5, 5.41) is 6.76. The molecule has 2 aliphatic rings. The molecule has 25 heavy (non-hydrogen) atoms. The van der Waals surface area contributed by atoms with Gasteiger partial charge in [-0.25, -0.2) is 0 Å². The van der Waals surface area contributed by atoms with Gasteiger partial charge in [0.2, 0.25) is 5.91 Å². The van der Waals surface area contributed by atoms with Gasteiger partial charge in [0.05, 0.1) is 11.1 Å². The number of benzene rings is 1. The molecule has 1 aromatic carbocycles. The molecule has 1 aromatic rings. The van der Waals surface area contributed by atoms with Crippen molar-refractivity contribution in [3.8, 4) is 5.75 Å². The van der Waals surface area contributed by atoms with Crippen molar-refractivity contribution in [1.29, 1.82) is 0 Å². The monoisotopic (exact) mass is 366 g/mol. The number of nitrogens with two attached hydrogens (primary N) is 1. The van der Waals surface area contributed by atoms with Crippen LogP contribution in [0.25, 0.3) is 0 Å². The van der Waals surface area contributed by atoms with Gasteiger partial charge in [0.15, 0.2) is 6.61 Å². The van der Waals surface area contributed by atoms with Gasteiger partial charge in [-0.15, -0.1) is 0 Å². The average Bonchev–Trinajstić information content (AvgIpc) is 3.38. The summed E-state index contributed by atoms with van der Waals surface area (Å²) in [4.78, 5) is 25.2. The molecule has 136 valence electrons. The van der Waals surface area contributed by atoms with Crippen molar-refractivity contribution in [1.82, 2.24) is 15.5 Å². The van der Waals surface area contributed by atoms with E-state index in [0.717, 1.165) is 31.5 Å². The van der Waals surface area contributed by atoms with Crippen LogP contribution in [0.5, 0.6) is 5.75 Å². The second-order valence-electron chi connectivity index (χ2n) is 6.54. The molecule has 0 radical (unpaired) electrons. The van der Waals surface area contributed by atoms with Gasteiger partial charge >= 0.3 is 0 Å². The van der Waals surface area contributed by atoms with Crippen LogP contribution in [-0.2, 0) is 16.1 Å². The summed E-state index contributed by atoms with van der Waals surface area (Å²) >= 11 is 6.20. The average molecular weight is 367 g/mol. The Morgan fingerprint density at radius 3 is 2.88 bits per heavy atom. The lowest BCUT2D eigenvalue weighted by Crippen LogP contribution is -2.57. The van der Waals surface area contributed by atoms with Crippen molar-refractivity contribution in [2.45, 2.75) is 31.5 Å². The SMILES string of the molecule is NC(=O)COc1ccc(CN2CCN[C@@H](C(=O)NC3CC3)C2)cc1Cl. The Labute approximate surface area is 151 Å². The summed E-state index contributed by atoms with van der Waals surface area (Å²) in [5.74, 6) is -0.0249. The Kier molecular flexibility index (Phi) is 5.78. The minimum atomic E-state index is -0.545. The minimum Gasteiger partial charge on any atom is -0.482 e. The zero-order valence-corrected chi connectivity index (χ0v) is 14.7. The zero-order chi connectivity index (χ0) is 17.8. The first-order valence-electron chi connectivity index (χ1n) is 8.47. The number of piperazine rings is 1. The van der Waals surface area contributed by atoms with E-state index in [4.69, 9.17) is 22.1 Å². The van der Waals surface area contributed by atoms with Crippen molar-refractivity contribution in [2.24, 2.45) is 5.73 Å². The third-order valence-corrected chi connectivity index (χ3v) is 4.57. The number of nitrogens with one attached hydrogen (secondary N) is 2. The van der Waals surface area contributed by atoms with Gasteiger partial charge in [-0.05, 0) is 30.5 Å². The van der Waals surface area contributed by atoms with Crippen LogP contribution >= 0.6 is 11.6 Å². The molecular weight excluding hydrogens is 344 g/mol. The van der Waals surface area contributed by atoms with Gasteiger partial charge in [-0.1, -0.05) is 17.7 Å². The largest absolute Gasteiger partial charge is 0.482 e. The number of primary amides is 1. The molecule has 1 aliphatic heterocycles. The minimum absolute atomic E-state index is 0.0837. The lowest BCUT2D eigenvalue weighted by atomic mass is 10.1. The molecule has 1 saturated heterocycles. The maximum Gasteiger partial charge on any atom is 0.255 e. The van der Waals surface area contributed by atoms with E-state index < -0.39 is 5.91 Å². The van der Waals surface area contributed by atoms with Crippen LogP contribution in [-0.4, -0.2) is 55.0 Å². The maximum atomic E-state index is 12.2. The third kappa shape index (κ3) is 5.32. The Balaban J connectivity index is 1.54. The van der Waals surface area contributed by atoms with E-state index in [9.17, 15) is 9.59 Å². The molecule has 1 saturated carbocycles. The quantitative estimate of drug-likeness (QED) is 0.643. The molecule has 0 aromatic heterocycles. The van der Waals surface area contributed by atoms with Gasteiger partial charge in [0.25, 0.3) is 5.91 Å². The highest BCUT2D eigenvalue weighted by molar-refractivity contribution is 6.32. The van der Waals surface area contributed by atoms with E-state index in [-0.39, 0.29) is 18.6 Å². The number of hydrogen-bond acceptors (Lipinski definition) is 5. The molecule has 3 rings (SSSR count). The Hall–Kier alpha value is -1.83. The van der Waals surface area contributed by atoms with Crippen LogP contribution in [0, 0.1) is 0 Å². The molecule has 0 bridgehead atoms. The first-order valence-corrected chi connectivity index (χ1v) is 8.84. The molecule has 2 fully saturated rings. The van der Waals surface area contributed by atoms with Crippen molar-refractivity contribution in [3.05, 3.63) is 28.8 Å². The van der Waals surface area contributed by atoms with Crippen LogP contribution in [0.3, 0.4) is 0 Å². The topological polar surface area (TPSA) is 96.7 Å². The van der Waals surface area contributed by atoms with Crippen LogP contribution in [0.1, 0.15) is 18.4 Å². The smallest absolute Gasteiger partial charge is 0.255 e. The van der Waals surface area contributed by atoms with E-state index in [2.05, 4.69) is 15.5 Å². The summed E-state index contributed by atoms with van der Waals surface area (Å²) < 4.78 is 5.25. The van der Waals surface area contributed by atoms with Crippen LogP contribution in [0.2, 0.25) is 5.02 Å². The molecule has 1 atom stereocenters. The number of rotatable bonds is 7. The lowest BCUT2D eigenvalue weighted by molar-refractivity contribution is -0.124. The molecule has 0 unspecified atom stereocenters. The highest BCUT2D eigenvalue weighted by Gasteiger charge is 2.30. The molecule has 1 heterocycles. The Bertz CT molecular complexity index is 651. The molecule has 8 heteroatoms. The molecule has 2 amide bonds. The number of amides is 2. The van der Waals surface area contributed by atoms with E-state index in [0.29, 0.717) is 29.9 Å². The first-order chi connectivity index (χ1) is 12.0. The van der Waals surface area contributed by atoms with Crippen molar-refractivity contribution >= 4 is 23.4 Å². The highest BCUT2D eigenvalue weighted by Crippen LogP contribution is 2.26. The van der Waals surface area contributed by atoms with Crippen molar-refractivity contribution in [3.63, 3.8) is 0 Å². The second kappa shape index (κ2) is 8.03. The highest BCUT2D eigenvalue weighted by atomic mass is 35.5. The fourth-order valence-corrected chi connectivity index (χ4v) is 3.08. The second-order valence-corrected chi connectivity index (χ2v) is 6.95. The predicted molar refractivity (Wildman–Crippen MR) is 94.4 cm³/mol. The van der Waals surface area contributed by atoms with Crippen LogP contribution < -0.4 is 21.1 Å². The molecule has 7 nitrogen and oxygen atoms in total. The number of carbonyl (C=O) groups excluding carboxylic acids is 2. The van der Waals surface area contributed by atoms with Crippen molar-refractivity contribution < 1.29 is 14.3 Å². The number of halogens is 1. The van der Waals surface area contributed by atoms with Gasteiger partial charge in [-0.2, -0.15) is 0 Å². The van der Waals surface area contributed by atoms with Gasteiger partial charge in [0, 0.05) is 32.2 Å². The summed E-state index contributed by atoms with van der Waals surface area (Å²) in [5.41, 5.74) is 6.09. The molecule has 4 N–H and O–H groups in total. The van der Waals surface area contributed by atoms with Crippen molar-refractivity contribution in [2.75, 3.05) is 26.2 Å². The summed E-state index contributed by atoms with van der Waals surface area (Å²) in [6, 6.07) is 5.66. The molecule has 1 aliphatic carbocycles. The Morgan fingerprint density at radius 1 is 1.40 bits per heavy atom. The Morgan fingerprint density at radius 2 is 2.20 bits per heavy atom. The number of ether oxygens (including phenoxy) is 1. The first kappa shape index (κ1) is 18.0. The fourth-order valence-electron chi connectivity index (χ4n) is 2.83. The number of carbonyl (C=O) groups is 2. The normalized spacial score (nSPS) is 20.9. The van der Waals surface area contributed by atoms with Crippen LogP contribution in [0.15, 0.2) is 18.2 Å². The fraction of sp³-hybridized carbons (Fsp3) is 0.529. The van der Waals surface area contributed by atoms with Crippen LogP contribution in [0.4, 0.5) is 0 Å². The van der Waals surface area contributed by atoms with E-state index >= 15 is 0 Å². The lowest BCUT2D eigenvalue weighted by Gasteiger charge is -2.33. The van der Waals surface area contributed by atoms with E-state index in [1.165, 1.54) is 0 Å². The maximum absolute atomic E-state index is 12.2. The summed E-state index contributed by atoms with van der Waals surface area (Å²) in [7, 11) is 0. The third-order valence-electron chi connectivity index (χ3n) is 4.27. The molecular formula is C17H23ClN4O3. The summed E-state index contributed by atoms with van der Waals surface area (Å²) in [6.07, 6.45) is 2.18. The summed E-state index contributed by atoms with van der Waals surface area (Å²) in [6.45, 7) is 2.80. The zero-order valence-electron chi connectivity index (χ0n) is 14.0. The van der Waals surface area contributed by atoms with Gasteiger partial charge in [0.1, 0.15) is 5.75 Å². The van der Waals surface area contributed by atoms with E-state index in [1.807, 2.05) is 12.1 Å². The molecule has 0 spiro atoms. The van der Waals surface area contributed by atoms with Gasteiger partial charge < -0.3 is 21.1 Å². The van der Waals surface area contributed by atoms with E-state index in [1.54, 1.807) is 6.07 Å². The predicted octanol–water partition coefficient (Wildman–Crippen LogP) is 0.257. The standard InChI is InChI=1S/C17H23ClN4O3/c18-13-7-11(1-4-15(13)25-10-16(19)23)8-22-6-5-20-14(9-22)17(24)21-12-2-3-12/h1,4,7,12,14,20H,2-3,5-6,8-10H2,(H2,19,23)(H,21,24)/t14-/m1/s1. The van der Waals surface area contributed by atoms with Gasteiger partial charge in [-0.3, -0.25) is 14.5 Å². The number of nitrogens with zero attached hydrogens (tertiary/aromatic N) is 1. The number of hydrogen-bond donors (Lipinski definition) is 3.